The van der Waals surface area contributed by atoms with Crippen LogP contribution in [0.5, 0.6) is 0 Å². The first-order valence-corrected chi connectivity index (χ1v) is 12.7. The molecule has 2 aromatic rings. The number of rotatable bonds is 4. The van der Waals surface area contributed by atoms with Crippen molar-refractivity contribution in [2.75, 3.05) is 25.5 Å². The Morgan fingerprint density at radius 2 is 1.70 bits per heavy atom. The molecule has 3 rings (SSSR count). The zero-order valence-corrected chi connectivity index (χ0v) is 23.0. The first-order chi connectivity index (χ1) is 18.8. The van der Waals surface area contributed by atoms with E-state index in [1.807, 2.05) is 0 Å². The van der Waals surface area contributed by atoms with E-state index in [0.29, 0.717) is 41.9 Å². The summed E-state index contributed by atoms with van der Waals surface area (Å²) in [6.45, 7) is 5.98. The Morgan fingerprint density at radius 3 is 2.30 bits per heavy atom. The second-order valence-corrected chi connectivity index (χ2v) is 10.3. The summed E-state index contributed by atoms with van der Waals surface area (Å²) in [5.41, 5.74) is 11.6. The Labute approximate surface area is 232 Å². The summed E-state index contributed by atoms with van der Waals surface area (Å²) in [5.74, 6) is -0.711. The fourth-order valence-electron chi connectivity index (χ4n) is 4.04. The number of amides is 4. The third kappa shape index (κ3) is 8.43. The number of anilines is 1. The number of guanidine groups is 2. The molecule has 13 nitrogen and oxygen atoms in total. The molecule has 13 heteroatoms. The van der Waals surface area contributed by atoms with E-state index < -0.39 is 23.3 Å². The number of piperidine rings is 1. The van der Waals surface area contributed by atoms with Crippen molar-refractivity contribution < 1.29 is 24.2 Å². The van der Waals surface area contributed by atoms with Crippen molar-refractivity contribution in [3.63, 3.8) is 0 Å². The highest BCUT2D eigenvalue weighted by molar-refractivity contribution is 6.05. The van der Waals surface area contributed by atoms with Gasteiger partial charge in [-0.1, -0.05) is 12.1 Å². The minimum atomic E-state index is -1.24. The Hall–Kier alpha value is -4.65. The monoisotopic (exact) mass is 552 g/mol. The maximum absolute atomic E-state index is 12.5. The minimum Gasteiger partial charge on any atom is -0.444 e. The highest BCUT2D eigenvalue weighted by atomic mass is 16.6. The number of carbonyl (C=O) groups is 3. The fraction of sp³-hybridized carbons (Fsp3) is 0.370. The Kier molecular flexibility index (Phi) is 9.32. The number of hydrogen-bond acceptors (Lipinski definition) is 6. The number of benzene rings is 2. The molecule has 1 atom stereocenters. The van der Waals surface area contributed by atoms with E-state index in [9.17, 15) is 19.5 Å². The third-order valence-corrected chi connectivity index (χ3v) is 5.88. The van der Waals surface area contributed by atoms with Gasteiger partial charge in [-0.2, -0.15) is 4.99 Å². The summed E-state index contributed by atoms with van der Waals surface area (Å²) < 4.78 is 5.44. The van der Waals surface area contributed by atoms with Crippen LogP contribution in [0, 0.1) is 0 Å². The van der Waals surface area contributed by atoms with Gasteiger partial charge >= 0.3 is 12.1 Å². The van der Waals surface area contributed by atoms with Gasteiger partial charge in [0.2, 0.25) is 11.9 Å². The second kappa shape index (κ2) is 12.5. The SMILES string of the molecule is CNC(=O)c1ccc(N=C(N)/N=C(/N)NC(=O)Nc2ccc(C3(O)CCCN(C(=O)OC(C)(C)C)C3)cc2)cc1. The van der Waals surface area contributed by atoms with Crippen molar-refractivity contribution in [1.29, 1.82) is 0 Å². The normalized spacial score (nSPS) is 18.1. The Balaban J connectivity index is 1.57. The average Bonchev–Trinajstić information content (AvgIpc) is 2.87. The van der Waals surface area contributed by atoms with Gasteiger partial charge in [-0.3, -0.25) is 10.1 Å². The van der Waals surface area contributed by atoms with Crippen LogP contribution in [0.3, 0.4) is 0 Å². The smallest absolute Gasteiger partial charge is 0.410 e. The molecule has 0 aliphatic carbocycles. The summed E-state index contributed by atoms with van der Waals surface area (Å²) in [6, 6.07) is 12.3. The molecular weight excluding hydrogens is 516 g/mol. The topological polar surface area (TPSA) is 197 Å². The molecular formula is C27H36N8O5. The van der Waals surface area contributed by atoms with E-state index in [2.05, 4.69) is 25.9 Å². The van der Waals surface area contributed by atoms with Crippen LogP contribution in [0.1, 0.15) is 49.5 Å². The number of likely N-dealkylation sites (tertiary alicyclic amines) is 1. The third-order valence-electron chi connectivity index (χ3n) is 5.88. The number of urea groups is 1. The van der Waals surface area contributed by atoms with Gasteiger partial charge < -0.3 is 36.8 Å². The van der Waals surface area contributed by atoms with E-state index in [4.69, 9.17) is 16.2 Å². The number of nitrogens with zero attached hydrogens (tertiary/aromatic N) is 3. The molecule has 2 aromatic carbocycles. The number of nitrogens with two attached hydrogens (primary N) is 2. The average molecular weight is 553 g/mol. The highest BCUT2D eigenvalue weighted by Gasteiger charge is 2.38. The maximum atomic E-state index is 12.5. The minimum absolute atomic E-state index is 0.101. The van der Waals surface area contributed by atoms with Crippen molar-refractivity contribution in [3.8, 4) is 0 Å². The molecule has 0 saturated carbocycles. The highest BCUT2D eigenvalue weighted by Crippen LogP contribution is 2.33. The molecule has 214 valence electrons. The first-order valence-electron chi connectivity index (χ1n) is 12.7. The quantitative estimate of drug-likeness (QED) is 0.247. The molecule has 1 saturated heterocycles. The number of aliphatic imine (C=N–C) groups is 2. The zero-order chi connectivity index (χ0) is 29.5. The summed E-state index contributed by atoms with van der Waals surface area (Å²) in [7, 11) is 1.53. The van der Waals surface area contributed by atoms with Crippen LogP contribution in [0.2, 0.25) is 0 Å². The first kappa shape index (κ1) is 29.9. The molecule has 1 heterocycles. The van der Waals surface area contributed by atoms with Crippen molar-refractivity contribution in [3.05, 3.63) is 59.7 Å². The summed E-state index contributed by atoms with van der Waals surface area (Å²) in [5, 5.41) is 18.8. The number of hydrogen-bond donors (Lipinski definition) is 6. The van der Waals surface area contributed by atoms with Gasteiger partial charge in [0.15, 0.2) is 0 Å². The van der Waals surface area contributed by atoms with E-state index in [-0.39, 0.29) is 24.4 Å². The molecule has 1 aliphatic rings. The van der Waals surface area contributed by atoms with E-state index in [0.717, 1.165) is 0 Å². The maximum Gasteiger partial charge on any atom is 0.410 e. The Morgan fingerprint density at radius 1 is 1.05 bits per heavy atom. The summed E-state index contributed by atoms with van der Waals surface area (Å²) in [4.78, 5) is 45.9. The van der Waals surface area contributed by atoms with Crippen LogP contribution in [0.15, 0.2) is 58.5 Å². The lowest BCUT2D eigenvalue weighted by Crippen LogP contribution is -2.49. The van der Waals surface area contributed by atoms with Gasteiger partial charge in [-0.05, 0) is 75.6 Å². The molecule has 0 bridgehead atoms. The molecule has 0 spiro atoms. The fourth-order valence-corrected chi connectivity index (χ4v) is 4.04. The summed E-state index contributed by atoms with van der Waals surface area (Å²) in [6.07, 6.45) is 0.627. The number of ether oxygens (including phenoxy) is 1. The standard InChI is InChI=1S/C27H36N8O5/c1-26(2,3)40-25(38)35-15-5-14-27(39,16-35)18-8-12-20(13-9-18)32-24(37)34-23(29)33-22(28)31-19-10-6-17(7-11-19)21(36)30-4/h6-13,39H,5,14-16H2,1-4H3,(H,30,36)(H6,28,29,31,32,33,34,37). The lowest BCUT2D eigenvalue weighted by molar-refractivity contribution is -0.0465. The van der Waals surface area contributed by atoms with E-state index in [1.54, 1.807) is 69.3 Å². The van der Waals surface area contributed by atoms with Gasteiger partial charge in [0.25, 0.3) is 5.91 Å². The second-order valence-electron chi connectivity index (χ2n) is 10.3. The van der Waals surface area contributed by atoms with Crippen molar-refractivity contribution >= 4 is 41.3 Å². The summed E-state index contributed by atoms with van der Waals surface area (Å²) >= 11 is 0. The number of aliphatic hydroxyl groups is 1. The van der Waals surface area contributed by atoms with E-state index >= 15 is 0 Å². The predicted octanol–water partition coefficient (Wildman–Crippen LogP) is 2.35. The van der Waals surface area contributed by atoms with Gasteiger partial charge in [0, 0.05) is 24.8 Å². The molecule has 1 fully saturated rings. The number of nitrogens with one attached hydrogen (secondary N) is 3. The molecule has 0 radical (unpaired) electrons. The lowest BCUT2D eigenvalue weighted by atomic mass is 9.86. The van der Waals surface area contributed by atoms with Gasteiger partial charge in [-0.25, -0.2) is 14.6 Å². The molecule has 4 amide bonds. The predicted molar refractivity (Wildman–Crippen MR) is 152 cm³/mol. The van der Waals surface area contributed by atoms with Gasteiger partial charge in [0.1, 0.15) is 11.2 Å². The van der Waals surface area contributed by atoms with Crippen LogP contribution >= 0.6 is 0 Å². The molecule has 8 N–H and O–H groups in total. The van der Waals surface area contributed by atoms with Crippen LogP contribution in [0.25, 0.3) is 0 Å². The van der Waals surface area contributed by atoms with E-state index in [1.165, 1.54) is 11.9 Å². The lowest BCUT2D eigenvalue weighted by Gasteiger charge is -2.40. The number of carbonyl (C=O) groups excluding carboxylic acids is 3. The molecule has 1 aliphatic heterocycles. The molecule has 40 heavy (non-hydrogen) atoms. The van der Waals surface area contributed by atoms with Gasteiger partial charge in [0.05, 0.1) is 12.2 Å². The zero-order valence-electron chi connectivity index (χ0n) is 23.0. The Bertz CT molecular complexity index is 1290. The molecule has 0 aromatic heterocycles. The largest absolute Gasteiger partial charge is 0.444 e. The van der Waals surface area contributed by atoms with Crippen molar-refractivity contribution in [2.24, 2.45) is 21.5 Å². The van der Waals surface area contributed by atoms with Gasteiger partial charge in [-0.15, -0.1) is 0 Å². The number of β-amino-alcohol motifs (C(OH)–C–C–N with tert-alkyl or cyclic N) is 1. The van der Waals surface area contributed by atoms with Crippen LogP contribution in [-0.4, -0.2) is 65.7 Å². The van der Waals surface area contributed by atoms with Crippen LogP contribution in [-0.2, 0) is 10.3 Å². The van der Waals surface area contributed by atoms with Crippen molar-refractivity contribution in [2.45, 2.75) is 44.8 Å². The van der Waals surface area contributed by atoms with Crippen LogP contribution < -0.4 is 27.4 Å². The molecule has 1 unspecified atom stereocenters. The van der Waals surface area contributed by atoms with Crippen LogP contribution in [0.4, 0.5) is 21.0 Å². The van der Waals surface area contributed by atoms with Crippen molar-refractivity contribution in [1.82, 2.24) is 15.5 Å².